The van der Waals surface area contributed by atoms with Gasteiger partial charge in [-0.15, -0.1) is 0 Å². The second-order valence-electron chi connectivity index (χ2n) is 5.13. The fourth-order valence-electron chi connectivity index (χ4n) is 2.06. The van der Waals surface area contributed by atoms with Crippen LogP contribution in [0.3, 0.4) is 0 Å². The van der Waals surface area contributed by atoms with Gasteiger partial charge in [0.2, 0.25) is 0 Å². The molecule has 0 unspecified atom stereocenters. The van der Waals surface area contributed by atoms with Gasteiger partial charge in [-0.05, 0) is 36.4 Å². The smallest absolute Gasteiger partial charge is 0.399 e. The van der Waals surface area contributed by atoms with Gasteiger partial charge in [-0.3, -0.25) is 5.09 Å². The SMILES string of the molecule is O=P(Nc1ccccc1F)(Oc1ccccc1Cl)Oc1ccccc1Cl. The Morgan fingerprint density at radius 3 is 1.73 bits per heavy atom. The van der Waals surface area contributed by atoms with Crippen molar-refractivity contribution in [2.45, 2.75) is 0 Å². The summed E-state index contributed by atoms with van der Waals surface area (Å²) in [6.07, 6.45) is 0. The van der Waals surface area contributed by atoms with Gasteiger partial charge in [0.25, 0.3) is 0 Å². The van der Waals surface area contributed by atoms with Crippen LogP contribution in [-0.4, -0.2) is 0 Å². The van der Waals surface area contributed by atoms with Gasteiger partial charge in [0.05, 0.1) is 15.7 Å². The van der Waals surface area contributed by atoms with E-state index in [4.69, 9.17) is 32.2 Å². The molecule has 3 aromatic carbocycles. The summed E-state index contributed by atoms with van der Waals surface area (Å²) in [5.41, 5.74) is -0.0464. The lowest BCUT2D eigenvalue weighted by molar-refractivity contribution is 0.392. The monoisotopic (exact) mass is 411 g/mol. The Balaban J connectivity index is 1.97. The molecule has 1 N–H and O–H groups in total. The molecule has 0 atom stereocenters. The fraction of sp³-hybridized carbons (Fsp3) is 0. The van der Waals surface area contributed by atoms with E-state index in [1.165, 1.54) is 30.3 Å². The molecule has 0 heterocycles. The molecular weight excluding hydrogens is 399 g/mol. The van der Waals surface area contributed by atoms with Crippen molar-refractivity contribution in [2.75, 3.05) is 5.09 Å². The third-order valence-electron chi connectivity index (χ3n) is 3.24. The van der Waals surface area contributed by atoms with Crippen molar-refractivity contribution in [1.29, 1.82) is 0 Å². The molecule has 0 saturated heterocycles. The Kier molecular flexibility index (Phi) is 5.72. The normalized spacial score (nSPS) is 11.0. The lowest BCUT2D eigenvalue weighted by Crippen LogP contribution is -2.11. The average Bonchev–Trinajstić information content (AvgIpc) is 2.61. The van der Waals surface area contributed by atoms with Crippen molar-refractivity contribution in [3.63, 3.8) is 0 Å². The van der Waals surface area contributed by atoms with Crippen LogP contribution in [-0.2, 0) is 4.57 Å². The first-order chi connectivity index (χ1) is 12.5. The summed E-state index contributed by atoms with van der Waals surface area (Å²) in [6.45, 7) is 0. The van der Waals surface area contributed by atoms with Gasteiger partial charge in [0.15, 0.2) is 11.5 Å². The number of benzene rings is 3. The molecule has 134 valence electrons. The summed E-state index contributed by atoms with van der Waals surface area (Å²) in [5, 5.41) is 2.95. The first-order valence-electron chi connectivity index (χ1n) is 7.48. The molecule has 0 aromatic heterocycles. The molecule has 0 saturated carbocycles. The summed E-state index contributed by atoms with van der Waals surface area (Å²) >= 11 is 12.1. The molecule has 0 amide bonds. The molecule has 26 heavy (non-hydrogen) atoms. The predicted octanol–water partition coefficient (Wildman–Crippen LogP) is 6.81. The van der Waals surface area contributed by atoms with Crippen LogP contribution in [0.15, 0.2) is 72.8 Å². The van der Waals surface area contributed by atoms with E-state index >= 15 is 0 Å². The van der Waals surface area contributed by atoms with Crippen LogP contribution in [0.1, 0.15) is 0 Å². The maximum absolute atomic E-state index is 14.0. The van der Waals surface area contributed by atoms with Gasteiger partial charge >= 0.3 is 7.75 Å². The standard InChI is InChI=1S/C18H13Cl2FNO3P/c19-13-7-1-5-11-17(13)24-26(23,22-16-10-4-3-9-15(16)21)25-18-12-6-2-8-14(18)20/h1-12H,(H,22,23). The minimum Gasteiger partial charge on any atom is -0.399 e. The highest BCUT2D eigenvalue weighted by atomic mass is 35.5. The van der Waals surface area contributed by atoms with Gasteiger partial charge in [0.1, 0.15) is 5.82 Å². The van der Waals surface area contributed by atoms with Crippen molar-refractivity contribution in [1.82, 2.24) is 0 Å². The van der Waals surface area contributed by atoms with Gasteiger partial charge in [-0.2, -0.15) is 0 Å². The third kappa shape index (κ3) is 4.50. The van der Waals surface area contributed by atoms with Crippen molar-refractivity contribution >= 4 is 36.6 Å². The lowest BCUT2D eigenvalue weighted by Gasteiger charge is -2.22. The lowest BCUT2D eigenvalue weighted by atomic mass is 10.3. The van der Waals surface area contributed by atoms with Crippen LogP contribution < -0.4 is 14.1 Å². The number of nitrogens with one attached hydrogen (secondary N) is 1. The molecule has 8 heteroatoms. The summed E-state index contributed by atoms with van der Waals surface area (Å²) in [6, 6.07) is 18.6. The fourth-order valence-corrected chi connectivity index (χ4v) is 3.96. The highest BCUT2D eigenvalue weighted by Gasteiger charge is 2.31. The van der Waals surface area contributed by atoms with Crippen LogP contribution >= 0.6 is 30.9 Å². The molecule has 0 radical (unpaired) electrons. The quantitative estimate of drug-likeness (QED) is 0.452. The van der Waals surface area contributed by atoms with Crippen molar-refractivity contribution in [3.8, 4) is 11.5 Å². The van der Waals surface area contributed by atoms with Gasteiger partial charge in [-0.25, -0.2) is 8.96 Å². The molecule has 0 aliphatic rings. The molecule has 0 aliphatic heterocycles. The summed E-state index contributed by atoms with van der Waals surface area (Å²) < 4.78 is 38.4. The van der Waals surface area contributed by atoms with E-state index < -0.39 is 13.6 Å². The van der Waals surface area contributed by atoms with Crippen molar-refractivity contribution < 1.29 is 18.0 Å². The Morgan fingerprint density at radius 1 is 0.769 bits per heavy atom. The Labute approximate surface area is 160 Å². The molecule has 4 nitrogen and oxygen atoms in total. The Bertz CT molecular complexity index is 848. The first kappa shape index (κ1) is 18.6. The van der Waals surface area contributed by atoms with Crippen LogP contribution in [0.2, 0.25) is 10.0 Å². The van der Waals surface area contributed by atoms with Crippen molar-refractivity contribution in [3.05, 3.63) is 88.7 Å². The summed E-state index contributed by atoms with van der Waals surface area (Å²) in [5.74, 6) is -0.375. The third-order valence-corrected chi connectivity index (χ3v) is 5.25. The van der Waals surface area contributed by atoms with Gasteiger partial charge < -0.3 is 9.05 Å². The zero-order valence-corrected chi connectivity index (χ0v) is 15.6. The van der Waals surface area contributed by atoms with Gasteiger partial charge in [0, 0.05) is 0 Å². The maximum Gasteiger partial charge on any atom is 0.541 e. The number of hydrogen-bond donors (Lipinski definition) is 1. The minimum absolute atomic E-state index is 0.0464. The second kappa shape index (κ2) is 8.00. The largest absolute Gasteiger partial charge is 0.541 e. The van der Waals surface area contributed by atoms with Crippen LogP contribution in [0.25, 0.3) is 0 Å². The van der Waals surface area contributed by atoms with E-state index in [-0.39, 0.29) is 27.2 Å². The minimum atomic E-state index is -4.12. The number of halogens is 3. The highest BCUT2D eigenvalue weighted by molar-refractivity contribution is 7.56. The Morgan fingerprint density at radius 2 is 1.23 bits per heavy atom. The van der Waals surface area contributed by atoms with E-state index in [0.717, 1.165) is 0 Å². The average molecular weight is 412 g/mol. The van der Waals surface area contributed by atoms with E-state index in [0.29, 0.717) is 0 Å². The van der Waals surface area contributed by atoms with E-state index in [9.17, 15) is 8.96 Å². The summed E-state index contributed by atoms with van der Waals surface area (Å²) in [4.78, 5) is 0. The molecule has 3 aromatic rings. The van der Waals surface area contributed by atoms with Crippen LogP contribution in [0.5, 0.6) is 11.5 Å². The number of para-hydroxylation sites is 3. The molecule has 3 rings (SSSR count). The van der Waals surface area contributed by atoms with Crippen LogP contribution in [0.4, 0.5) is 10.1 Å². The van der Waals surface area contributed by atoms with Crippen molar-refractivity contribution in [2.24, 2.45) is 0 Å². The highest BCUT2D eigenvalue weighted by Crippen LogP contribution is 2.51. The first-order valence-corrected chi connectivity index (χ1v) is 9.78. The molecular formula is C18H13Cl2FNO3P. The Hall–Kier alpha value is -2.20. The van der Waals surface area contributed by atoms with Gasteiger partial charge in [-0.1, -0.05) is 59.6 Å². The predicted molar refractivity (Wildman–Crippen MR) is 102 cm³/mol. The van der Waals surface area contributed by atoms with E-state index in [1.54, 1.807) is 42.5 Å². The zero-order chi connectivity index (χ0) is 18.6. The number of rotatable bonds is 6. The molecule has 0 bridgehead atoms. The molecule has 0 fully saturated rings. The second-order valence-corrected chi connectivity index (χ2v) is 7.53. The maximum atomic E-state index is 14.0. The topological polar surface area (TPSA) is 47.6 Å². The molecule has 0 aliphatic carbocycles. The molecule has 0 spiro atoms. The summed E-state index contributed by atoms with van der Waals surface area (Å²) in [7, 11) is -4.12. The van der Waals surface area contributed by atoms with E-state index in [1.807, 2.05) is 0 Å². The van der Waals surface area contributed by atoms with Crippen LogP contribution in [0, 0.1) is 5.82 Å². The zero-order valence-electron chi connectivity index (χ0n) is 13.2. The number of hydrogen-bond acceptors (Lipinski definition) is 3. The number of anilines is 1. The van der Waals surface area contributed by atoms with E-state index in [2.05, 4.69) is 5.09 Å².